The van der Waals surface area contributed by atoms with Gasteiger partial charge in [-0.15, -0.1) is 0 Å². The third-order valence-electron chi connectivity index (χ3n) is 2.35. The van der Waals surface area contributed by atoms with E-state index in [4.69, 9.17) is 5.73 Å². The summed E-state index contributed by atoms with van der Waals surface area (Å²) in [5.41, 5.74) is 7.58. The number of nitrogens with zero attached hydrogens (tertiary/aromatic N) is 1. The van der Waals surface area contributed by atoms with Crippen molar-refractivity contribution in [1.82, 2.24) is 4.98 Å². The summed E-state index contributed by atoms with van der Waals surface area (Å²) in [4.78, 5) is 4.40. The lowest BCUT2D eigenvalue weighted by Gasteiger charge is -2.15. The zero-order valence-corrected chi connectivity index (χ0v) is 11.1. The van der Waals surface area contributed by atoms with Gasteiger partial charge in [-0.05, 0) is 43.9 Å². The lowest BCUT2D eigenvalue weighted by atomic mass is 10.2. The van der Waals surface area contributed by atoms with E-state index < -0.39 is 0 Å². The van der Waals surface area contributed by atoms with Crippen LogP contribution in [0.3, 0.4) is 0 Å². The Labute approximate surface area is 102 Å². The molecule has 90 valence electrons. The molecule has 0 bridgehead atoms. The zero-order chi connectivity index (χ0) is 12.0. The molecule has 0 spiro atoms. The number of hydrogen-bond donors (Lipinski definition) is 2. The molecule has 1 unspecified atom stereocenters. The van der Waals surface area contributed by atoms with Crippen molar-refractivity contribution in [2.24, 2.45) is 0 Å². The van der Waals surface area contributed by atoms with Crippen LogP contribution < -0.4 is 11.1 Å². The second kappa shape index (κ2) is 6.63. The molecule has 0 saturated heterocycles. The number of nitrogen functional groups attached to an aromatic ring is 1. The third-order valence-corrected chi connectivity index (χ3v) is 3.28. The molecule has 1 rings (SSSR count). The van der Waals surface area contributed by atoms with E-state index in [1.54, 1.807) is 0 Å². The van der Waals surface area contributed by atoms with E-state index >= 15 is 0 Å². The number of aryl methyl sites for hydroxylation is 1. The monoisotopic (exact) mass is 239 g/mol. The molecular formula is C12H21N3S. The highest BCUT2D eigenvalue weighted by Crippen LogP contribution is 2.17. The average Bonchev–Trinajstić information content (AvgIpc) is 2.24. The highest BCUT2D eigenvalue weighted by atomic mass is 32.2. The first-order chi connectivity index (χ1) is 7.63. The van der Waals surface area contributed by atoms with Gasteiger partial charge in [0, 0.05) is 11.7 Å². The molecule has 0 amide bonds. The molecule has 0 aliphatic heterocycles. The first kappa shape index (κ1) is 13.2. The molecule has 3 N–H and O–H groups in total. The van der Waals surface area contributed by atoms with Gasteiger partial charge in [-0.3, -0.25) is 0 Å². The van der Waals surface area contributed by atoms with E-state index in [1.165, 1.54) is 11.5 Å². The van der Waals surface area contributed by atoms with Gasteiger partial charge in [0.25, 0.3) is 0 Å². The van der Waals surface area contributed by atoms with E-state index in [1.807, 2.05) is 30.8 Å². The standard InChI is InChI=1S/C12H21N3S/c1-4-16-8-7-10(3)15-12-11(13)6-5-9(2)14-12/h5-6,10H,4,7-8,13H2,1-3H3,(H,14,15). The van der Waals surface area contributed by atoms with Gasteiger partial charge < -0.3 is 11.1 Å². The molecule has 0 aromatic carbocycles. The van der Waals surface area contributed by atoms with Crippen LogP contribution in [0.2, 0.25) is 0 Å². The van der Waals surface area contributed by atoms with Gasteiger partial charge in [0.2, 0.25) is 0 Å². The summed E-state index contributed by atoms with van der Waals surface area (Å²) >= 11 is 1.96. The normalized spacial score (nSPS) is 12.4. The van der Waals surface area contributed by atoms with Crippen LogP contribution in [0, 0.1) is 6.92 Å². The Hall–Kier alpha value is -0.900. The lowest BCUT2D eigenvalue weighted by Crippen LogP contribution is -2.18. The van der Waals surface area contributed by atoms with Gasteiger partial charge >= 0.3 is 0 Å². The highest BCUT2D eigenvalue weighted by Gasteiger charge is 2.05. The van der Waals surface area contributed by atoms with Crippen LogP contribution in [0.15, 0.2) is 12.1 Å². The van der Waals surface area contributed by atoms with Crippen LogP contribution in [-0.2, 0) is 0 Å². The first-order valence-corrected chi connectivity index (χ1v) is 6.86. The van der Waals surface area contributed by atoms with Crippen molar-refractivity contribution in [3.05, 3.63) is 17.8 Å². The minimum atomic E-state index is 0.413. The Morgan fingerprint density at radius 3 is 2.94 bits per heavy atom. The molecule has 0 radical (unpaired) electrons. The Balaban J connectivity index is 2.48. The summed E-state index contributed by atoms with van der Waals surface area (Å²) < 4.78 is 0. The van der Waals surface area contributed by atoms with E-state index in [0.717, 1.165) is 23.6 Å². The van der Waals surface area contributed by atoms with Crippen LogP contribution in [0.25, 0.3) is 0 Å². The Bertz CT molecular complexity index is 328. The molecule has 0 saturated carbocycles. The number of rotatable bonds is 6. The van der Waals surface area contributed by atoms with Crippen LogP contribution >= 0.6 is 11.8 Å². The maximum absolute atomic E-state index is 5.86. The Morgan fingerprint density at radius 2 is 2.25 bits per heavy atom. The fourth-order valence-electron chi connectivity index (χ4n) is 1.39. The summed E-state index contributed by atoms with van der Waals surface area (Å²) in [5.74, 6) is 3.17. The largest absolute Gasteiger partial charge is 0.396 e. The van der Waals surface area contributed by atoms with E-state index in [9.17, 15) is 0 Å². The number of nitrogens with one attached hydrogen (secondary N) is 1. The minimum Gasteiger partial charge on any atom is -0.396 e. The van der Waals surface area contributed by atoms with Crippen LogP contribution in [0.5, 0.6) is 0 Å². The lowest BCUT2D eigenvalue weighted by molar-refractivity contribution is 0.766. The number of thioether (sulfide) groups is 1. The van der Waals surface area contributed by atoms with Crippen molar-refractivity contribution in [2.45, 2.75) is 33.2 Å². The van der Waals surface area contributed by atoms with Crippen molar-refractivity contribution in [1.29, 1.82) is 0 Å². The molecule has 0 aliphatic carbocycles. The zero-order valence-electron chi connectivity index (χ0n) is 10.3. The molecule has 16 heavy (non-hydrogen) atoms. The predicted molar refractivity (Wildman–Crippen MR) is 74.1 cm³/mol. The van der Waals surface area contributed by atoms with Crippen molar-refractivity contribution in [3.63, 3.8) is 0 Å². The quantitative estimate of drug-likeness (QED) is 0.749. The van der Waals surface area contributed by atoms with Gasteiger partial charge in [0.05, 0.1) is 5.69 Å². The van der Waals surface area contributed by atoms with E-state index in [0.29, 0.717) is 6.04 Å². The molecule has 1 heterocycles. The van der Waals surface area contributed by atoms with Crippen molar-refractivity contribution >= 4 is 23.3 Å². The number of pyridine rings is 1. The minimum absolute atomic E-state index is 0.413. The summed E-state index contributed by atoms with van der Waals surface area (Å²) in [6.07, 6.45) is 1.13. The van der Waals surface area contributed by atoms with Crippen molar-refractivity contribution in [2.75, 3.05) is 22.6 Å². The van der Waals surface area contributed by atoms with E-state index in [2.05, 4.69) is 24.1 Å². The van der Waals surface area contributed by atoms with Gasteiger partial charge in [0.15, 0.2) is 0 Å². The highest BCUT2D eigenvalue weighted by molar-refractivity contribution is 7.99. The molecular weight excluding hydrogens is 218 g/mol. The summed E-state index contributed by atoms with van der Waals surface area (Å²) in [6, 6.07) is 4.24. The van der Waals surface area contributed by atoms with Crippen LogP contribution in [0.1, 0.15) is 26.0 Å². The molecule has 0 aliphatic rings. The topological polar surface area (TPSA) is 50.9 Å². The molecule has 1 aromatic heterocycles. The second-order valence-electron chi connectivity index (χ2n) is 3.92. The maximum Gasteiger partial charge on any atom is 0.149 e. The predicted octanol–water partition coefficient (Wildman–Crippen LogP) is 2.92. The molecule has 1 atom stereocenters. The number of hydrogen-bond acceptors (Lipinski definition) is 4. The van der Waals surface area contributed by atoms with Crippen LogP contribution in [-0.4, -0.2) is 22.5 Å². The van der Waals surface area contributed by atoms with Gasteiger partial charge in [0.1, 0.15) is 5.82 Å². The fourth-order valence-corrected chi connectivity index (χ4v) is 2.20. The van der Waals surface area contributed by atoms with Gasteiger partial charge in [-0.1, -0.05) is 6.92 Å². The van der Waals surface area contributed by atoms with Crippen molar-refractivity contribution < 1.29 is 0 Å². The fraction of sp³-hybridized carbons (Fsp3) is 0.583. The molecule has 0 fully saturated rings. The van der Waals surface area contributed by atoms with Crippen molar-refractivity contribution in [3.8, 4) is 0 Å². The van der Waals surface area contributed by atoms with Gasteiger partial charge in [-0.25, -0.2) is 4.98 Å². The smallest absolute Gasteiger partial charge is 0.149 e. The SMILES string of the molecule is CCSCCC(C)Nc1nc(C)ccc1N. The summed E-state index contributed by atoms with van der Waals surface area (Å²) in [6.45, 7) is 6.32. The third kappa shape index (κ3) is 4.31. The molecule has 4 heteroatoms. The second-order valence-corrected chi connectivity index (χ2v) is 5.32. The van der Waals surface area contributed by atoms with E-state index in [-0.39, 0.29) is 0 Å². The maximum atomic E-state index is 5.86. The Morgan fingerprint density at radius 1 is 1.50 bits per heavy atom. The Kier molecular flexibility index (Phi) is 5.46. The summed E-state index contributed by atoms with van der Waals surface area (Å²) in [5, 5.41) is 3.36. The summed E-state index contributed by atoms with van der Waals surface area (Å²) in [7, 11) is 0. The number of anilines is 2. The van der Waals surface area contributed by atoms with Crippen LogP contribution in [0.4, 0.5) is 11.5 Å². The van der Waals surface area contributed by atoms with Gasteiger partial charge in [-0.2, -0.15) is 11.8 Å². The number of nitrogens with two attached hydrogens (primary N) is 1. The first-order valence-electron chi connectivity index (χ1n) is 5.71. The molecule has 3 nitrogen and oxygen atoms in total. The number of aromatic nitrogens is 1. The average molecular weight is 239 g/mol. The molecule has 1 aromatic rings.